The minimum Gasteiger partial charge on any atom is -0.310 e. The Balaban J connectivity index is 1.97. The van der Waals surface area contributed by atoms with E-state index >= 15 is 0 Å². The van der Waals surface area contributed by atoms with Crippen molar-refractivity contribution in [1.82, 2.24) is 5.32 Å². The molecule has 1 aromatic rings. The van der Waals surface area contributed by atoms with Crippen molar-refractivity contribution >= 4 is 51.8 Å². The molecular formula is C11H8Cl2N2O2S. The molecular weight excluding hydrogens is 295 g/mol. The number of rotatable bonds is 2. The first kappa shape index (κ1) is 13.3. The van der Waals surface area contributed by atoms with E-state index in [1.807, 2.05) is 0 Å². The number of hydrogen-bond acceptors (Lipinski definition) is 3. The van der Waals surface area contributed by atoms with Crippen molar-refractivity contribution in [1.29, 1.82) is 0 Å². The summed E-state index contributed by atoms with van der Waals surface area (Å²) in [6.07, 6.45) is 1.40. The zero-order valence-electron chi connectivity index (χ0n) is 9.00. The SMILES string of the molecule is O=C(NC1=CC(=O)SC1)Nc1ccc(Cl)c(Cl)c1. The van der Waals surface area contributed by atoms with E-state index in [4.69, 9.17) is 23.2 Å². The van der Waals surface area contributed by atoms with Crippen LogP contribution in [-0.4, -0.2) is 16.9 Å². The summed E-state index contributed by atoms with van der Waals surface area (Å²) in [6, 6.07) is 4.35. The van der Waals surface area contributed by atoms with E-state index in [1.165, 1.54) is 6.08 Å². The maximum Gasteiger partial charge on any atom is 0.323 e. The predicted octanol–water partition coefficient (Wildman–Crippen LogP) is 3.27. The van der Waals surface area contributed by atoms with E-state index in [9.17, 15) is 9.59 Å². The number of amides is 2. The predicted molar refractivity (Wildman–Crippen MR) is 74.2 cm³/mol. The average molecular weight is 303 g/mol. The van der Waals surface area contributed by atoms with E-state index in [0.717, 1.165) is 11.8 Å². The van der Waals surface area contributed by atoms with Gasteiger partial charge >= 0.3 is 6.03 Å². The number of halogens is 2. The Hall–Kier alpha value is -1.17. The molecule has 1 aliphatic heterocycles. The van der Waals surface area contributed by atoms with Gasteiger partial charge in [0.15, 0.2) is 0 Å². The molecule has 0 unspecified atom stereocenters. The molecule has 7 heteroatoms. The first-order valence-electron chi connectivity index (χ1n) is 4.95. The van der Waals surface area contributed by atoms with Gasteiger partial charge in [0, 0.05) is 23.2 Å². The van der Waals surface area contributed by atoms with Gasteiger partial charge in [-0.25, -0.2) is 4.79 Å². The lowest BCUT2D eigenvalue weighted by Gasteiger charge is -2.08. The number of thioether (sulfide) groups is 1. The van der Waals surface area contributed by atoms with Crippen LogP contribution in [0.5, 0.6) is 0 Å². The third kappa shape index (κ3) is 3.41. The van der Waals surface area contributed by atoms with Gasteiger partial charge in [-0.2, -0.15) is 0 Å². The van der Waals surface area contributed by atoms with Crippen molar-refractivity contribution in [3.05, 3.63) is 40.0 Å². The molecule has 2 N–H and O–H groups in total. The largest absolute Gasteiger partial charge is 0.323 e. The molecule has 0 fully saturated rings. The second-order valence-corrected chi connectivity index (χ2v) is 5.28. The second-order valence-electron chi connectivity index (χ2n) is 3.49. The van der Waals surface area contributed by atoms with Crippen LogP contribution in [-0.2, 0) is 4.79 Å². The van der Waals surface area contributed by atoms with Gasteiger partial charge in [0.2, 0.25) is 5.12 Å². The molecule has 18 heavy (non-hydrogen) atoms. The zero-order valence-corrected chi connectivity index (χ0v) is 11.3. The lowest BCUT2D eigenvalue weighted by Crippen LogP contribution is -2.28. The van der Waals surface area contributed by atoms with Gasteiger partial charge in [-0.1, -0.05) is 35.0 Å². The zero-order chi connectivity index (χ0) is 13.1. The summed E-state index contributed by atoms with van der Waals surface area (Å²) < 4.78 is 0. The molecule has 0 aromatic heterocycles. The Morgan fingerprint density at radius 3 is 2.61 bits per heavy atom. The van der Waals surface area contributed by atoms with Crippen LogP contribution >= 0.6 is 35.0 Å². The number of hydrogen-bond donors (Lipinski definition) is 2. The van der Waals surface area contributed by atoms with Gasteiger partial charge < -0.3 is 10.6 Å². The van der Waals surface area contributed by atoms with Gasteiger partial charge in [-0.15, -0.1) is 0 Å². The molecule has 4 nitrogen and oxygen atoms in total. The van der Waals surface area contributed by atoms with Crippen LogP contribution in [0.15, 0.2) is 30.0 Å². The highest BCUT2D eigenvalue weighted by Gasteiger charge is 2.14. The number of urea groups is 1. The van der Waals surface area contributed by atoms with Gasteiger partial charge in [0.05, 0.1) is 10.0 Å². The van der Waals surface area contributed by atoms with Gasteiger partial charge in [-0.05, 0) is 18.2 Å². The summed E-state index contributed by atoms with van der Waals surface area (Å²) in [7, 11) is 0. The second kappa shape index (κ2) is 5.65. The monoisotopic (exact) mass is 302 g/mol. The van der Waals surface area contributed by atoms with Crippen LogP contribution in [0.4, 0.5) is 10.5 Å². The lowest BCUT2D eigenvalue weighted by atomic mass is 10.3. The molecule has 0 aliphatic carbocycles. The maximum absolute atomic E-state index is 11.6. The first-order chi connectivity index (χ1) is 8.54. The number of anilines is 1. The minimum absolute atomic E-state index is 0.0557. The van der Waals surface area contributed by atoms with Gasteiger partial charge in [-0.3, -0.25) is 4.79 Å². The highest BCUT2D eigenvalue weighted by molar-refractivity contribution is 8.14. The lowest BCUT2D eigenvalue weighted by molar-refractivity contribution is -0.106. The van der Waals surface area contributed by atoms with Gasteiger partial charge in [0.25, 0.3) is 0 Å². The molecule has 1 aliphatic rings. The molecule has 0 saturated carbocycles. The van der Waals surface area contributed by atoms with Gasteiger partial charge in [0.1, 0.15) is 0 Å². The molecule has 0 bridgehead atoms. The molecule has 94 valence electrons. The molecule has 2 amide bonds. The Kier molecular flexibility index (Phi) is 4.16. The Bertz CT molecular complexity index is 546. The van der Waals surface area contributed by atoms with E-state index < -0.39 is 6.03 Å². The highest BCUT2D eigenvalue weighted by Crippen LogP contribution is 2.25. The summed E-state index contributed by atoms with van der Waals surface area (Å²) >= 11 is 12.7. The summed E-state index contributed by atoms with van der Waals surface area (Å²) in [5.74, 6) is 0.480. The maximum atomic E-state index is 11.6. The van der Waals surface area contributed by atoms with Crippen molar-refractivity contribution < 1.29 is 9.59 Å². The van der Waals surface area contributed by atoms with E-state index in [1.54, 1.807) is 18.2 Å². The molecule has 0 spiro atoms. The van der Waals surface area contributed by atoms with E-state index in [2.05, 4.69) is 10.6 Å². The number of nitrogens with one attached hydrogen (secondary N) is 2. The molecule has 0 saturated heterocycles. The van der Waals surface area contributed by atoms with Crippen molar-refractivity contribution in [3.63, 3.8) is 0 Å². The van der Waals surface area contributed by atoms with Crippen molar-refractivity contribution in [2.45, 2.75) is 0 Å². The third-order valence-electron chi connectivity index (χ3n) is 2.11. The van der Waals surface area contributed by atoms with E-state index in [0.29, 0.717) is 27.2 Å². The average Bonchev–Trinajstić information content (AvgIpc) is 2.69. The quantitative estimate of drug-likeness (QED) is 0.881. The Morgan fingerprint density at radius 1 is 1.22 bits per heavy atom. The van der Waals surface area contributed by atoms with Crippen LogP contribution in [0, 0.1) is 0 Å². The van der Waals surface area contributed by atoms with Crippen molar-refractivity contribution in [2.75, 3.05) is 11.1 Å². The van der Waals surface area contributed by atoms with Crippen LogP contribution < -0.4 is 10.6 Å². The van der Waals surface area contributed by atoms with Crippen LogP contribution in [0.1, 0.15) is 0 Å². The molecule has 0 radical (unpaired) electrons. The summed E-state index contributed by atoms with van der Waals surface area (Å²) in [6.45, 7) is 0. The van der Waals surface area contributed by atoms with Crippen LogP contribution in [0.25, 0.3) is 0 Å². The molecule has 2 rings (SSSR count). The molecule has 1 heterocycles. The van der Waals surface area contributed by atoms with E-state index in [-0.39, 0.29) is 5.12 Å². The standard InChI is InChI=1S/C11H8Cl2N2O2S/c12-8-2-1-6(3-9(8)13)14-11(17)15-7-4-10(16)18-5-7/h1-4H,5H2,(H2,14,15,17). The minimum atomic E-state index is -0.421. The summed E-state index contributed by atoms with van der Waals surface area (Å²) in [5, 5.41) is 5.91. The molecule has 1 aromatic carbocycles. The van der Waals surface area contributed by atoms with Crippen LogP contribution in [0.2, 0.25) is 10.0 Å². The number of carbonyl (C=O) groups is 2. The Labute approximate surface area is 118 Å². The van der Waals surface area contributed by atoms with Crippen LogP contribution in [0.3, 0.4) is 0 Å². The normalized spacial score (nSPS) is 14.3. The van der Waals surface area contributed by atoms with Crippen molar-refractivity contribution in [2.24, 2.45) is 0 Å². The number of carbonyl (C=O) groups excluding carboxylic acids is 2. The smallest absolute Gasteiger partial charge is 0.310 e. The fraction of sp³-hybridized carbons (Fsp3) is 0.0909. The highest BCUT2D eigenvalue weighted by atomic mass is 35.5. The third-order valence-corrected chi connectivity index (χ3v) is 3.71. The summed E-state index contributed by atoms with van der Waals surface area (Å²) in [5.41, 5.74) is 1.11. The fourth-order valence-corrected chi connectivity index (χ4v) is 2.31. The topological polar surface area (TPSA) is 58.2 Å². The fourth-order valence-electron chi connectivity index (χ4n) is 1.33. The Morgan fingerprint density at radius 2 is 2.00 bits per heavy atom. The van der Waals surface area contributed by atoms with Crippen molar-refractivity contribution in [3.8, 4) is 0 Å². The number of benzene rings is 1. The summed E-state index contributed by atoms with van der Waals surface area (Å²) in [4.78, 5) is 22.6. The first-order valence-corrected chi connectivity index (χ1v) is 6.69. The molecule has 0 atom stereocenters.